The molecule has 0 fully saturated rings. The van der Waals surface area contributed by atoms with Crippen LogP contribution in [-0.2, 0) is 17.8 Å². The van der Waals surface area contributed by atoms with Gasteiger partial charge in [-0.3, -0.25) is 9.78 Å². The first-order valence-corrected chi connectivity index (χ1v) is 7.23. The Kier molecular flexibility index (Phi) is 4.23. The van der Waals surface area contributed by atoms with Gasteiger partial charge in [0.25, 0.3) is 0 Å². The predicted octanol–water partition coefficient (Wildman–Crippen LogP) is 2.51. The molecule has 0 unspecified atom stereocenters. The smallest absolute Gasteiger partial charge is 0.408 e. The van der Waals surface area contributed by atoms with Crippen molar-refractivity contribution in [3.05, 3.63) is 70.0 Å². The van der Waals surface area contributed by atoms with Crippen LogP contribution in [0.25, 0.3) is 11.1 Å². The minimum Gasteiger partial charge on any atom is -0.408 e. The predicted molar refractivity (Wildman–Crippen MR) is 83.4 cm³/mol. The lowest BCUT2D eigenvalue weighted by atomic mass is 10.1. The summed E-state index contributed by atoms with van der Waals surface area (Å²) in [6.07, 6.45) is 0.764. The van der Waals surface area contributed by atoms with E-state index in [0.29, 0.717) is 24.1 Å². The van der Waals surface area contributed by atoms with Crippen LogP contribution in [0.3, 0.4) is 0 Å². The zero-order chi connectivity index (χ0) is 16.2. The SMILES string of the molecule is O=C(CCc1cccc(F)c1)NCc1ccc2[nH]c(=O)oc2c1. The number of rotatable bonds is 5. The fourth-order valence-electron chi connectivity index (χ4n) is 2.34. The maximum atomic E-state index is 13.1. The number of oxazole rings is 1. The lowest BCUT2D eigenvalue weighted by molar-refractivity contribution is -0.121. The molecule has 1 amide bonds. The van der Waals surface area contributed by atoms with Crippen molar-refractivity contribution < 1.29 is 13.6 Å². The molecule has 0 aliphatic carbocycles. The zero-order valence-corrected chi connectivity index (χ0v) is 12.3. The van der Waals surface area contributed by atoms with Gasteiger partial charge in [0, 0.05) is 13.0 Å². The van der Waals surface area contributed by atoms with Crippen LogP contribution < -0.4 is 11.1 Å². The van der Waals surface area contributed by atoms with E-state index in [-0.39, 0.29) is 18.1 Å². The lowest BCUT2D eigenvalue weighted by Gasteiger charge is -2.05. The Morgan fingerprint density at radius 1 is 1.17 bits per heavy atom. The van der Waals surface area contributed by atoms with Gasteiger partial charge in [0.2, 0.25) is 5.91 Å². The van der Waals surface area contributed by atoms with E-state index in [1.54, 1.807) is 30.3 Å². The number of halogens is 1. The van der Waals surface area contributed by atoms with E-state index in [9.17, 15) is 14.0 Å². The number of hydrogen-bond acceptors (Lipinski definition) is 3. The Hall–Kier alpha value is -2.89. The fourth-order valence-corrected chi connectivity index (χ4v) is 2.34. The molecule has 1 heterocycles. The number of carbonyl (C=O) groups is 1. The minimum absolute atomic E-state index is 0.120. The summed E-state index contributed by atoms with van der Waals surface area (Å²) in [6.45, 7) is 0.340. The normalized spacial score (nSPS) is 10.8. The van der Waals surface area contributed by atoms with Gasteiger partial charge in [-0.25, -0.2) is 9.18 Å². The molecule has 5 nitrogen and oxygen atoms in total. The summed E-state index contributed by atoms with van der Waals surface area (Å²) >= 11 is 0. The quantitative estimate of drug-likeness (QED) is 0.760. The molecular formula is C17H15FN2O3. The van der Waals surface area contributed by atoms with Crippen molar-refractivity contribution in [2.45, 2.75) is 19.4 Å². The molecule has 0 aliphatic heterocycles. The first-order valence-electron chi connectivity index (χ1n) is 7.23. The van der Waals surface area contributed by atoms with Gasteiger partial charge in [-0.05, 0) is 41.8 Å². The molecular weight excluding hydrogens is 299 g/mol. The standard InChI is InChI=1S/C17H15FN2O3/c18-13-3-1-2-11(8-13)5-7-16(21)19-10-12-4-6-14-15(9-12)23-17(22)20-14/h1-4,6,8-9H,5,7,10H2,(H,19,21)(H,20,22). The van der Waals surface area contributed by atoms with Crippen LogP contribution in [0.5, 0.6) is 0 Å². The molecule has 6 heteroatoms. The average Bonchev–Trinajstić information content (AvgIpc) is 2.90. The number of aromatic nitrogens is 1. The van der Waals surface area contributed by atoms with E-state index < -0.39 is 5.76 Å². The third-order valence-electron chi connectivity index (χ3n) is 3.50. The Balaban J connectivity index is 1.54. The molecule has 3 rings (SSSR count). The van der Waals surface area contributed by atoms with Gasteiger partial charge in [-0.1, -0.05) is 18.2 Å². The topological polar surface area (TPSA) is 75.1 Å². The number of aryl methyl sites for hydroxylation is 1. The molecule has 1 aromatic heterocycles. The number of hydrogen-bond donors (Lipinski definition) is 2. The number of H-pyrrole nitrogens is 1. The van der Waals surface area contributed by atoms with E-state index in [4.69, 9.17) is 4.42 Å². The second-order valence-electron chi connectivity index (χ2n) is 5.25. The largest absolute Gasteiger partial charge is 0.417 e. The van der Waals surface area contributed by atoms with Crippen LogP contribution in [0.4, 0.5) is 4.39 Å². The first-order chi connectivity index (χ1) is 11.1. The highest BCUT2D eigenvalue weighted by Gasteiger charge is 2.05. The van der Waals surface area contributed by atoms with Crippen molar-refractivity contribution in [2.75, 3.05) is 0 Å². The summed E-state index contributed by atoms with van der Waals surface area (Å²) in [5.74, 6) is -0.926. The Bertz CT molecular complexity index is 898. The summed E-state index contributed by atoms with van der Waals surface area (Å²) in [5.41, 5.74) is 2.70. The van der Waals surface area contributed by atoms with Crippen LogP contribution in [0.2, 0.25) is 0 Å². The van der Waals surface area contributed by atoms with E-state index in [2.05, 4.69) is 10.3 Å². The molecule has 0 atom stereocenters. The molecule has 2 N–H and O–H groups in total. The zero-order valence-electron chi connectivity index (χ0n) is 12.3. The van der Waals surface area contributed by atoms with Crippen LogP contribution in [0.15, 0.2) is 51.7 Å². The molecule has 0 saturated heterocycles. The molecule has 118 valence electrons. The number of benzene rings is 2. The van der Waals surface area contributed by atoms with Gasteiger partial charge < -0.3 is 9.73 Å². The molecule has 0 spiro atoms. The van der Waals surface area contributed by atoms with Gasteiger partial charge in [0.1, 0.15) is 5.82 Å². The minimum atomic E-state index is -0.503. The lowest BCUT2D eigenvalue weighted by Crippen LogP contribution is -2.22. The van der Waals surface area contributed by atoms with Gasteiger partial charge in [0.15, 0.2) is 5.58 Å². The maximum absolute atomic E-state index is 13.1. The Morgan fingerprint density at radius 3 is 2.87 bits per heavy atom. The van der Waals surface area contributed by atoms with Crippen LogP contribution in [0.1, 0.15) is 17.5 Å². The van der Waals surface area contributed by atoms with Crippen molar-refractivity contribution in [3.8, 4) is 0 Å². The number of fused-ring (bicyclic) bond motifs is 1. The third kappa shape index (κ3) is 3.85. The van der Waals surface area contributed by atoms with Crippen molar-refractivity contribution in [1.29, 1.82) is 0 Å². The molecule has 0 bridgehead atoms. The summed E-state index contributed by atoms with van der Waals surface area (Å²) < 4.78 is 18.0. The third-order valence-corrected chi connectivity index (χ3v) is 3.50. The Morgan fingerprint density at radius 2 is 2.04 bits per heavy atom. The average molecular weight is 314 g/mol. The summed E-state index contributed by atoms with van der Waals surface area (Å²) in [5, 5.41) is 2.79. The maximum Gasteiger partial charge on any atom is 0.417 e. The van der Waals surface area contributed by atoms with Gasteiger partial charge >= 0.3 is 5.76 Å². The first kappa shape index (κ1) is 15.0. The molecule has 0 aliphatic rings. The van der Waals surface area contributed by atoms with Gasteiger partial charge in [0.05, 0.1) is 5.52 Å². The van der Waals surface area contributed by atoms with E-state index in [1.807, 2.05) is 0 Å². The van der Waals surface area contributed by atoms with Crippen molar-refractivity contribution in [3.63, 3.8) is 0 Å². The monoisotopic (exact) mass is 314 g/mol. The second-order valence-corrected chi connectivity index (χ2v) is 5.25. The number of nitrogens with one attached hydrogen (secondary N) is 2. The summed E-state index contributed by atoms with van der Waals surface area (Å²) in [4.78, 5) is 25.5. The molecule has 0 radical (unpaired) electrons. The van der Waals surface area contributed by atoms with Gasteiger partial charge in [-0.15, -0.1) is 0 Å². The number of amides is 1. The second kappa shape index (κ2) is 6.48. The highest BCUT2D eigenvalue weighted by molar-refractivity contribution is 5.76. The van der Waals surface area contributed by atoms with Crippen LogP contribution >= 0.6 is 0 Å². The van der Waals surface area contributed by atoms with Crippen molar-refractivity contribution in [1.82, 2.24) is 10.3 Å². The van der Waals surface area contributed by atoms with Gasteiger partial charge in [-0.2, -0.15) is 0 Å². The highest BCUT2D eigenvalue weighted by Crippen LogP contribution is 2.12. The molecule has 23 heavy (non-hydrogen) atoms. The number of carbonyl (C=O) groups excluding carboxylic acids is 1. The molecule has 2 aromatic carbocycles. The van der Waals surface area contributed by atoms with E-state index in [0.717, 1.165) is 11.1 Å². The highest BCUT2D eigenvalue weighted by atomic mass is 19.1. The van der Waals surface area contributed by atoms with E-state index >= 15 is 0 Å². The molecule has 3 aromatic rings. The molecule has 0 saturated carbocycles. The summed E-state index contributed by atoms with van der Waals surface area (Å²) in [6, 6.07) is 11.5. The number of aromatic amines is 1. The van der Waals surface area contributed by atoms with Crippen molar-refractivity contribution >= 4 is 17.0 Å². The van der Waals surface area contributed by atoms with Crippen LogP contribution in [-0.4, -0.2) is 10.9 Å². The van der Waals surface area contributed by atoms with Crippen molar-refractivity contribution in [2.24, 2.45) is 0 Å². The fraction of sp³-hybridized carbons (Fsp3) is 0.176. The van der Waals surface area contributed by atoms with Crippen LogP contribution in [0, 0.1) is 5.82 Å². The summed E-state index contributed by atoms with van der Waals surface area (Å²) in [7, 11) is 0. The Labute approximate surface area is 131 Å². The van der Waals surface area contributed by atoms with E-state index in [1.165, 1.54) is 12.1 Å².